The third-order valence-electron chi connectivity index (χ3n) is 5.88. The van der Waals surface area contributed by atoms with Gasteiger partial charge in [-0.2, -0.15) is 0 Å². The SMILES string of the molecule is COc1cc(C=CC(=O)OC2OC(COC3OC(CO)C(O)C(O)C3O)C(O)C(O)C2O)cc(O)c1O. The quantitative estimate of drug-likeness (QED) is 0.0884. The number of carbonyl (C=O) groups excluding carboxylic acids is 1. The third kappa shape index (κ3) is 6.47. The lowest BCUT2D eigenvalue weighted by atomic mass is 9.98. The van der Waals surface area contributed by atoms with Crippen LogP contribution >= 0.6 is 0 Å². The molecule has 2 fully saturated rings. The van der Waals surface area contributed by atoms with E-state index in [4.69, 9.17) is 23.7 Å². The first-order valence-electron chi connectivity index (χ1n) is 11.1. The van der Waals surface area contributed by atoms with Crippen molar-refractivity contribution >= 4 is 12.0 Å². The smallest absolute Gasteiger partial charge is 0.333 e. The van der Waals surface area contributed by atoms with Crippen LogP contribution < -0.4 is 4.74 Å². The van der Waals surface area contributed by atoms with E-state index in [2.05, 4.69) is 0 Å². The Bertz CT molecular complexity index is 952. The Morgan fingerprint density at radius 2 is 1.49 bits per heavy atom. The molecule has 1 aromatic carbocycles. The molecule has 208 valence electrons. The molecule has 2 heterocycles. The molecule has 0 bridgehead atoms. The molecular formula is C22H30O15. The molecule has 0 spiro atoms. The molecule has 0 aliphatic carbocycles. The van der Waals surface area contributed by atoms with Crippen LogP contribution in [0.3, 0.4) is 0 Å². The van der Waals surface area contributed by atoms with Crippen molar-refractivity contribution in [3.63, 3.8) is 0 Å². The molecule has 9 N–H and O–H groups in total. The number of phenolic OH excluding ortho intramolecular Hbond substituents is 2. The number of methoxy groups -OCH3 is 1. The molecule has 0 radical (unpaired) electrons. The number of benzene rings is 1. The van der Waals surface area contributed by atoms with Gasteiger partial charge < -0.3 is 69.6 Å². The lowest BCUT2D eigenvalue weighted by Gasteiger charge is -2.42. The molecular weight excluding hydrogens is 504 g/mol. The number of esters is 1. The summed E-state index contributed by atoms with van der Waals surface area (Å²) < 4.78 is 25.7. The number of aliphatic hydroxyl groups is 7. The van der Waals surface area contributed by atoms with Crippen LogP contribution in [0.5, 0.6) is 17.2 Å². The Labute approximate surface area is 209 Å². The lowest BCUT2D eigenvalue weighted by Crippen LogP contribution is -2.61. The van der Waals surface area contributed by atoms with E-state index in [1.807, 2.05) is 0 Å². The summed E-state index contributed by atoms with van der Waals surface area (Å²) in [5, 5.41) is 88.9. The van der Waals surface area contributed by atoms with Crippen molar-refractivity contribution in [3.05, 3.63) is 23.8 Å². The number of phenols is 2. The van der Waals surface area contributed by atoms with Gasteiger partial charge in [-0.1, -0.05) is 0 Å². The molecule has 1 aromatic rings. The zero-order valence-corrected chi connectivity index (χ0v) is 19.5. The summed E-state index contributed by atoms with van der Waals surface area (Å²) in [6, 6.07) is 2.46. The van der Waals surface area contributed by atoms with Gasteiger partial charge in [-0.3, -0.25) is 0 Å². The van der Waals surface area contributed by atoms with Gasteiger partial charge in [-0.05, 0) is 23.8 Å². The molecule has 10 unspecified atom stereocenters. The number of carbonyl (C=O) groups is 1. The fraction of sp³-hybridized carbons (Fsp3) is 0.591. The summed E-state index contributed by atoms with van der Waals surface area (Å²) in [5.41, 5.74) is 0.246. The van der Waals surface area contributed by atoms with Crippen LogP contribution in [0, 0.1) is 0 Å². The zero-order valence-electron chi connectivity index (χ0n) is 19.5. The van der Waals surface area contributed by atoms with Crippen molar-refractivity contribution in [2.45, 2.75) is 61.4 Å². The minimum absolute atomic E-state index is 0.0570. The number of aromatic hydroxyl groups is 2. The highest BCUT2D eigenvalue weighted by Crippen LogP contribution is 2.36. The second kappa shape index (κ2) is 12.3. The summed E-state index contributed by atoms with van der Waals surface area (Å²) in [6.45, 7) is -1.29. The number of hydrogen-bond acceptors (Lipinski definition) is 15. The standard InChI is InChI=1S/C22H30O15/c1-33-10-5-8(4-9(24)14(10)26)2-3-13(25)37-22-20(32)18(30)16(28)12(36-22)7-34-21-19(31)17(29)15(27)11(6-23)35-21/h2-5,11-12,15-24,26-32H,6-7H2,1H3. The first kappa shape index (κ1) is 29.0. The van der Waals surface area contributed by atoms with E-state index in [-0.39, 0.29) is 11.3 Å². The Morgan fingerprint density at radius 1 is 0.892 bits per heavy atom. The molecule has 37 heavy (non-hydrogen) atoms. The minimum Gasteiger partial charge on any atom is -0.504 e. The first-order chi connectivity index (χ1) is 17.5. The Morgan fingerprint density at radius 3 is 2.11 bits per heavy atom. The van der Waals surface area contributed by atoms with Crippen molar-refractivity contribution in [1.29, 1.82) is 0 Å². The van der Waals surface area contributed by atoms with Crippen LogP contribution in [0.1, 0.15) is 5.56 Å². The van der Waals surface area contributed by atoms with E-state index in [0.29, 0.717) is 0 Å². The predicted octanol–water partition coefficient (Wildman–Crippen LogP) is -3.71. The van der Waals surface area contributed by atoms with Gasteiger partial charge in [0.25, 0.3) is 0 Å². The van der Waals surface area contributed by atoms with Gasteiger partial charge in [0.2, 0.25) is 12.0 Å². The van der Waals surface area contributed by atoms with Crippen LogP contribution in [0.4, 0.5) is 0 Å². The fourth-order valence-corrected chi connectivity index (χ4v) is 3.73. The highest BCUT2D eigenvalue weighted by molar-refractivity contribution is 5.87. The van der Waals surface area contributed by atoms with Gasteiger partial charge >= 0.3 is 5.97 Å². The van der Waals surface area contributed by atoms with Gasteiger partial charge in [0.15, 0.2) is 17.8 Å². The molecule has 15 nitrogen and oxygen atoms in total. The van der Waals surface area contributed by atoms with Gasteiger partial charge in [0.1, 0.15) is 48.8 Å². The Kier molecular flexibility index (Phi) is 9.65. The summed E-state index contributed by atoms with van der Waals surface area (Å²) in [7, 11) is 1.26. The number of hydrogen-bond donors (Lipinski definition) is 9. The normalized spacial score (nSPS) is 36.4. The third-order valence-corrected chi connectivity index (χ3v) is 5.88. The molecule has 3 rings (SSSR count). The van der Waals surface area contributed by atoms with Crippen molar-refractivity contribution in [1.82, 2.24) is 0 Å². The second-order valence-corrected chi connectivity index (χ2v) is 8.41. The Balaban J connectivity index is 1.63. The summed E-state index contributed by atoms with van der Waals surface area (Å²) in [5.74, 6) is -2.10. The van der Waals surface area contributed by atoms with E-state index >= 15 is 0 Å². The highest BCUT2D eigenvalue weighted by atomic mass is 16.7. The van der Waals surface area contributed by atoms with Crippen molar-refractivity contribution < 1.29 is 74.4 Å². The molecule has 2 saturated heterocycles. The molecule has 0 amide bonds. The molecule has 0 saturated carbocycles. The van der Waals surface area contributed by atoms with Crippen molar-refractivity contribution in [2.75, 3.05) is 20.3 Å². The van der Waals surface area contributed by atoms with Crippen molar-refractivity contribution in [2.24, 2.45) is 0 Å². The van der Waals surface area contributed by atoms with Crippen LogP contribution in [-0.4, -0.2) is 134 Å². The van der Waals surface area contributed by atoms with Crippen LogP contribution in [-0.2, 0) is 23.7 Å². The first-order valence-corrected chi connectivity index (χ1v) is 11.1. The van der Waals surface area contributed by atoms with Gasteiger partial charge in [0, 0.05) is 6.08 Å². The van der Waals surface area contributed by atoms with Gasteiger partial charge in [-0.15, -0.1) is 0 Å². The van der Waals surface area contributed by atoms with E-state index < -0.39 is 92.1 Å². The van der Waals surface area contributed by atoms with E-state index in [9.17, 15) is 50.8 Å². The maximum absolute atomic E-state index is 12.3. The monoisotopic (exact) mass is 534 g/mol. The second-order valence-electron chi connectivity index (χ2n) is 8.41. The summed E-state index contributed by atoms with van der Waals surface area (Å²) in [6.07, 6.45) is -14.3. The number of rotatable bonds is 8. The van der Waals surface area contributed by atoms with Crippen LogP contribution in [0.2, 0.25) is 0 Å². The number of aliphatic hydroxyl groups excluding tert-OH is 7. The van der Waals surface area contributed by atoms with E-state index in [0.717, 1.165) is 12.1 Å². The Hall–Kier alpha value is -2.57. The largest absolute Gasteiger partial charge is 0.504 e. The average molecular weight is 534 g/mol. The van der Waals surface area contributed by atoms with Crippen LogP contribution in [0.15, 0.2) is 18.2 Å². The summed E-state index contributed by atoms with van der Waals surface area (Å²) >= 11 is 0. The molecule has 2 aliphatic rings. The van der Waals surface area contributed by atoms with Gasteiger partial charge in [0.05, 0.1) is 20.3 Å². The summed E-state index contributed by atoms with van der Waals surface area (Å²) in [4.78, 5) is 12.3. The van der Waals surface area contributed by atoms with E-state index in [1.54, 1.807) is 0 Å². The lowest BCUT2D eigenvalue weighted by molar-refractivity contribution is -0.326. The maximum Gasteiger partial charge on any atom is 0.333 e. The van der Waals surface area contributed by atoms with Crippen molar-refractivity contribution in [3.8, 4) is 17.2 Å². The predicted molar refractivity (Wildman–Crippen MR) is 118 cm³/mol. The minimum atomic E-state index is -1.85. The average Bonchev–Trinajstić information content (AvgIpc) is 2.88. The maximum atomic E-state index is 12.3. The van der Waals surface area contributed by atoms with Crippen LogP contribution in [0.25, 0.3) is 6.08 Å². The molecule has 0 aromatic heterocycles. The molecule has 2 aliphatic heterocycles. The van der Waals surface area contributed by atoms with Gasteiger partial charge in [-0.25, -0.2) is 4.79 Å². The number of ether oxygens (including phenoxy) is 5. The molecule has 10 atom stereocenters. The zero-order chi connectivity index (χ0) is 27.4. The topological polar surface area (TPSA) is 245 Å². The van der Waals surface area contributed by atoms with E-state index in [1.165, 1.54) is 19.3 Å². The molecule has 15 heteroatoms. The highest BCUT2D eigenvalue weighted by Gasteiger charge is 2.48. The fourth-order valence-electron chi connectivity index (χ4n) is 3.73.